The average molecular weight is 271 g/mol. The number of hydrogen-bond donors (Lipinski definition) is 2. The van der Waals surface area contributed by atoms with Crippen LogP contribution in [0.4, 0.5) is 5.69 Å². The first-order chi connectivity index (χ1) is 9.56. The molecule has 0 spiro atoms. The van der Waals surface area contributed by atoms with Crippen LogP contribution in [0.5, 0.6) is 0 Å². The quantitative estimate of drug-likeness (QED) is 0.848. The first-order valence-corrected chi connectivity index (χ1v) is 6.23. The van der Waals surface area contributed by atoms with Crippen LogP contribution in [0, 0.1) is 5.92 Å². The van der Waals surface area contributed by atoms with Crippen LogP contribution in [0.15, 0.2) is 30.3 Å². The maximum absolute atomic E-state index is 12.2. The highest BCUT2D eigenvalue weighted by molar-refractivity contribution is 5.99. The van der Waals surface area contributed by atoms with Gasteiger partial charge < -0.3 is 15.7 Å². The minimum atomic E-state index is -0.875. The lowest BCUT2D eigenvalue weighted by molar-refractivity contribution is -0.146. The lowest BCUT2D eigenvalue weighted by Gasteiger charge is -2.36. The summed E-state index contributed by atoms with van der Waals surface area (Å²) in [7, 11) is 0. The van der Waals surface area contributed by atoms with Gasteiger partial charge in [0.05, 0.1) is 11.4 Å². The normalized spacial score (nSPS) is 15.1. The molecule has 20 heavy (non-hydrogen) atoms. The summed E-state index contributed by atoms with van der Waals surface area (Å²) in [5.41, 5.74) is 7.33. The second kappa shape index (κ2) is 4.48. The predicted octanol–water partition coefficient (Wildman–Crippen LogP) is 0.974. The summed E-state index contributed by atoms with van der Waals surface area (Å²) in [6.07, 6.45) is 0. The van der Waals surface area contributed by atoms with E-state index in [1.807, 2.05) is 18.2 Å². The van der Waals surface area contributed by atoms with Crippen molar-refractivity contribution in [1.29, 1.82) is 0 Å². The third-order valence-corrected chi connectivity index (χ3v) is 3.49. The molecule has 1 saturated heterocycles. The Balaban J connectivity index is 1.88. The highest BCUT2D eigenvalue weighted by Gasteiger charge is 2.36. The van der Waals surface area contributed by atoms with Gasteiger partial charge in [-0.3, -0.25) is 9.59 Å². The van der Waals surface area contributed by atoms with E-state index in [-0.39, 0.29) is 24.7 Å². The molecule has 0 radical (unpaired) electrons. The second-order valence-electron chi connectivity index (χ2n) is 4.86. The first kappa shape index (κ1) is 12.4. The van der Waals surface area contributed by atoms with Gasteiger partial charge in [-0.1, -0.05) is 18.2 Å². The zero-order valence-corrected chi connectivity index (χ0v) is 10.6. The lowest BCUT2D eigenvalue weighted by Crippen LogP contribution is -2.53. The fourth-order valence-corrected chi connectivity index (χ4v) is 2.27. The van der Waals surface area contributed by atoms with Crippen LogP contribution in [0.2, 0.25) is 0 Å². The van der Waals surface area contributed by atoms with Gasteiger partial charge in [0.1, 0.15) is 5.69 Å². The van der Waals surface area contributed by atoms with E-state index in [0.29, 0.717) is 11.2 Å². The van der Waals surface area contributed by atoms with Gasteiger partial charge >= 0.3 is 5.97 Å². The Hall–Kier alpha value is -2.63. The molecule has 1 amide bonds. The van der Waals surface area contributed by atoms with Crippen molar-refractivity contribution in [3.63, 3.8) is 0 Å². The van der Waals surface area contributed by atoms with Gasteiger partial charge in [-0.25, -0.2) is 4.98 Å². The number of aliphatic carboxylic acids is 1. The number of fused-ring (bicyclic) bond motifs is 1. The maximum atomic E-state index is 12.2. The molecule has 1 aromatic carbocycles. The number of para-hydroxylation sites is 1. The highest BCUT2D eigenvalue weighted by atomic mass is 16.4. The first-order valence-electron chi connectivity index (χ1n) is 6.23. The Morgan fingerprint density at radius 3 is 2.70 bits per heavy atom. The van der Waals surface area contributed by atoms with Crippen molar-refractivity contribution >= 4 is 28.5 Å². The molecule has 3 rings (SSSR count). The number of amides is 1. The molecule has 0 saturated carbocycles. The second-order valence-corrected chi connectivity index (χ2v) is 4.86. The van der Waals surface area contributed by atoms with Gasteiger partial charge in [0, 0.05) is 24.2 Å². The minimum Gasteiger partial charge on any atom is -0.481 e. The number of carboxylic acids is 1. The number of carbonyl (C=O) groups is 2. The fourth-order valence-electron chi connectivity index (χ4n) is 2.27. The number of benzene rings is 1. The average Bonchev–Trinajstić information content (AvgIpc) is 2.36. The van der Waals surface area contributed by atoms with Crippen LogP contribution in [0.25, 0.3) is 10.9 Å². The molecule has 1 fully saturated rings. The van der Waals surface area contributed by atoms with Crippen LogP contribution in [0.1, 0.15) is 10.5 Å². The number of carboxylic acid groups (broad SMARTS) is 1. The summed E-state index contributed by atoms with van der Waals surface area (Å²) in [5.74, 6) is -1.63. The van der Waals surface area contributed by atoms with Gasteiger partial charge in [-0.05, 0) is 12.1 Å². The molecule has 102 valence electrons. The fraction of sp³-hybridized carbons (Fsp3) is 0.214. The number of nitrogen functional groups attached to an aromatic ring is 1. The van der Waals surface area contributed by atoms with Crippen LogP contribution in [-0.2, 0) is 4.79 Å². The Bertz CT molecular complexity index is 708. The van der Waals surface area contributed by atoms with E-state index < -0.39 is 11.9 Å². The summed E-state index contributed by atoms with van der Waals surface area (Å²) < 4.78 is 0. The van der Waals surface area contributed by atoms with Crippen LogP contribution >= 0.6 is 0 Å². The molecule has 1 aliphatic rings. The molecule has 0 bridgehead atoms. The Morgan fingerprint density at radius 1 is 1.30 bits per heavy atom. The highest BCUT2D eigenvalue weighted by Crippen LogP contribution is 2.23. The third kappa shape index (κ3) is 1.95. The van der Waals surface area contributed by atoms with Gasteiger partial charge in [0.15, 0.2) is 0 Å². The number of pyridine rings is 1. The van der Waals surface area contributed by atoms with E-state index in [9.17, 15) is 9.59 Å². The standard InChI is InChI=1S/C14H13N3O3/c15-10-5-12(16-11-4-2-1-3-9(10)11)13(18)17-6-8(7-17)14(19)20/h1-5,8H,6-7H2,(H2,15,16)(H,19,20). The third-order valence-electron chi connectivity index (χ3n) is 3.49. The maximum Gasteiger partial charge on any atom is 0.310 e. The number of aromatic nitrogens is 1. The predicted molar refractivity (Wildman–Crippen MR) is 73.2 cm³/mol. The lowest BCUT2D eigenvalue weighted by atomic mass is 10.00. The topological polar surface area (TPSA) is 96.5 Å². The van der Waals surface area contributed by atoms with Gasteiger partial charge in [0.2, 0.25) is 0 Å². The van der Waals surface area contributed by atoms with E-state index >= 15 is 0 Å². The van der Waals surface area contributed by atoms with Crippen molar-refractivity contribution in [2.45, 2.75) is 0 Å². The van der Waals surface area contributed by atoms with Crippen LogP contribution < -0.4 is 5.73 Å². The Kier molecular flexibility index (Phi) is 2.78. The smallest absolute Gasteiger partial charge is 0.310 e. The molecule has 0 aliphatic carbocycles. The molecular weight excluding hydrogens is 258 g/mol. The summed E-state index contributed by atoms with van der Waals surface area (Å²) in [6.45, 7) is 0.450. The van der Waals surface area contributed by atoms with E-state index in [1.54, 1.807) is 12.1 Å². The van der Waals surface area contributed by atoms with Crippen molar-refractivity contribution in [2.24, 2.45) is 5.92 Å². The summed E-state index contributed by atoms with van der Waals surface area (Å²) in [4.78, 5) is 28.7. The number of anilines is 1. The Labute approximate surface area is 114 Å². The van der Waals surface area contributed by atoms with Crippen LogP contribution in [0.3, 0.4) is 0 Å². The Morgan fingerprint density at radius 2 is 2.00 bits per heavy atom. The number of carbonyl (C=O) groups excluding carboxylic acids is 1. The van der Waals surface area contributed by atoms with Crippen molar-refractivity contribution in [3.8, 4) is 0 Å². The molecule has 0 atom stereocenters. The number of nitrogens with zero attached hydrogens (tertiary/aromatic N) is 2. The number of nitrogens with two attached hydrogens (primary N) is 1. The number of rotatable bonds is 2. The van der Waals surface area contributed by atoms with E-state index in [4.69, 9.17) is 10.8 Å². The van der Waals surface area contributed by atoms with Crippen molar-refractivity contribution in [3.05, 3.63) is 36.0 Å². The molecule has 2 heterocycles. The zero-order chi connectivity index (χ0) is 14.3. The molecule has 2 aromatic rings. The SMILES string of the molecule is Nc1cc(C(=O)N2CC(C(=O)O)C2)nc2ccccc12. The largest absolute Gasteiger partial charge is 0.481 e. The van der Waals surface area contributed by atoms with Gasteiger partial charge in [0.25, 0.3) is 5.91 Å². The molecule has 3 N–H and O–H groups in total. The van der Waals surface area contributed by atoms with E-state index in [1.165, 1.54) is 4.90 Å². The van der Waals surface area contributed by atoms with Crippen LogP contribution in [-0.4, -0.2) is 40.0 Å². The molecule has 6 nitrogen and oxygen atoms in total. The van der Waals surface area contributed by atoms with Gasteiger partial charge in [-0.15, -0.1) is 0 Å². The summed E-state index contributed by atoms with van der Waals surface area (Å²) >= 11 is 0. The van der Waals surface area contributed by atoms with Crippen molar-refractivity contribution < 1.29 is 14.7 Å². The molecule has 6 heteroatoms. The molecule has 0 unspecified atom stereocenters. The monoisotopic (exact) mass is 271 g/mol. The molecular formula is C14H13N3O3. The summed E-state index contributed by atoms with van der Waals surface area (Å²) in [5, 5.41) is 9.62. The molecule has 1 aliphatic heterocycles. The van der Waals surface area contributed by atoms with E-state index in [2.05, 4.69) is 4.98 Å². The molecule has 1 aromatic heterocycles. The number of hydrogen-bond acceptors (Lipinski definition) is 4. The van der Waals surface area contributed by atoms with Crippen molar-refractivity contribution in [2.75, 3.05) is 18.8 Å². The van der Waals surface area contributed by atoms with Gasteiger partial charge in [-0.2, -0.15) is 0 Å². The summed E-state index contributed by atoms with van der Waals surface area (Å²) in [6, 6.07) is 8.86. The van der Waals surface area contributed by atoms with E-state index in [0.717, 1.165) is 5.39 Å². The number of likely N-dealkylation sites (tertiary alicyclic amines) is 1. The minimum absolute atomic E-state index is 0.225. The zero-order valence-electron chi connectivity index (χ0n) is 10.6. The van der Waals surface area contributed by atoms with Crippen molar-refractivity contribution in [1.82, 2.24) is 9.88 Å².